The van der Waals surface area contributed by atoms with Crippen LogP contribution < -0.4 is 9.62 Å². The monoisotopic (exact) mass is 320 g/mol. The predicted molar refractivity (Wildman–Crippen MR) is 95.0 cm³/mol. The Hall–Kier alpha value is -2.78. The van der Waals surface area contributed by atoms with Crippen molar-refractivity contribution in [3.63, 3.8) is 0 Å². The van der Waals surface area contributed by atoms with Gasteiger partial charge in [-0.25, -0.2) is 0 Å². The summed E-state index contributed by atoms with van der Waals surface area (Å²) >= 11 is 0. The van der Waals surface area contributed by atoms with Gasteiger partial charge in [-0.15, -0.1) is 0 Å². The largest absolute Gasteiger partial charge is 0.497 e. The van der Waals surface area contributed by atoms with Gasteiger partial charge in [0.15, 0.2) is 5.75 Å². The Morgan fingerprint density at radius 2 is 1.21 bits per heavy atom. The van der Waals surface area contributed by atoms with Crippen LogP contribution in [0.25, 0.3) is 11.1 Å². The molecule has 0 N–H and O–H groups in total. The molecule has 0 aliphatic carbocycles. The van der Waals surface area contributed by atoms with Gasteiger partial charge in [0.25, 0.3) is 0 Å². The molecule has 0 heterocycles. The van der Waals surface area contributed by atoms with E-state index in [1.165, 1.54) is 5.56 Å². The number of hydrogen-bond acceptors (Lipinski definition) is 3. The van der Waals surface area contributed by atoms with Crippen LogP contribution >= 0.6 is 0 Å². The molecule has 3 nitrogen and oxygen atoms in total. The van der Waals surface area contributed by atoms with Crippen LogP contribution in [0.3, 0.4) is 0 Å². The molecule has 0 bridgehead atoms. The summed E-state index contributed by atoms with van der Waals surface area (Å²) in [6, 6.07) is 24.0. The number of rotatable bonds is 6. The lowest BCUT2D eigenvalue weighted by atomic mass is 10.0. The van der Waals surface area contributed by atoms with Gasteiger partial charge < -0.3 is 9.62 Å². The van der Waals surface area contributed by atoms with E-state index >= 15 is 0 Å². The highest BCUT2D eigenvalue weighted by atomic mass is 17.2. The zero-order valence-electron chi connectivity index (χ0n) is 13.9. The van der Waals surface area contributed by atoms with Gasteiger partial charge in [-0.3, -0.25) is 0 Å². The maximum absolute atomic E-state index is 5.30. The third-order valence-corrected chi connectivity index (χ3v) is 3.78. The van der Waals surface area contributed by atoms with Crippen LogP contribution in [0.2, 0.25) is 0 Å². The Bertz CT molecular complexity index is 760. The molecule has 0 spiro atoms. The Morgan fingerprint density at radius 1 is 0.667 bits per heavy atom. The van der Waals surface area contributed by atoms with Gasteiger partial charge in [0, 0.05) is 0 Å². The van der Waals surface area contributed by atoms with E-state index in [4.69, 9.17) is 14.5 Å². The maximum atomic E-state index is 5.30. The highest BCUT2D eigenvalue weighted by Crippen LogP contribution is 2.23. The van der Waals surface area contributed by atoms with E-state index in [-0.39, 0.29) is 0 Å². The SMILES string of the molecule is COc1ccc(-c2ccc(COOc3ccc(C)cc3)cc2)cc1. The highest BCUT2D eigenvalue weighted by molar-refractivity contribution is 5.64. The first-order chi connectivity index (χ1) is 11.7. The fourth-order valence-electron chi connectivity index (χ4n) is 2.34. The first-order valence-corrected chi connectivity index (χ1v) is 7.84. The molecule has 0 fully saturated rings. The fourth-order valence-corrected chi connectivity index (χ4v) is 2.34. The minimum atomic E-state index is 0.400. The van der Waals surface area contributed by atoms with Crippen LogP contribution in [-0.4, -0.2) is 7.11 Å². The lowest BCUT2D eigenvalue weighted by Gasteiger charge is -2.07. The van der Waals surface area contributed by atoms with E-state index in [9.17, 15) is 0 Å². The van der Waals surface area contributed by atoms with Crippen molar-refractivity contribution < 1.29 is 14.5 Å². The van der Waals surface area contributed by atoms with Crippen molar-refractivity contribution in [1.82, 2.24) is 0 Å². The molecule has 0 atom stereocenters. The van der Waals surface area contributed by atoms with E-state index in [1.807, 2.05) is 67.6 Å². The minimum Gasteiger partial charge on any atom is -0.497 e. The molecular weight excluding hydrogens is 300 g/mol. The lowest BCUT2D eigenvalue weighted by Crippen LogP contribution is -1.97. The molecule has 0 aliphatic heterocycles. The van der Waals surface area contributed by atoms with Crippen molar-refractivity contribution in [2.75, 3.05) is 7.11 Å². The molecule has 0 unspecified atom stereocenters. The molecule has 3 heteroatoms. The van der Waals surface area contributed by atoms with Crippen LogP contribution in [0, 0.1) is 6.92 Å². The second-order valence-corrected chi connectivity index (χ2v) is 5.58. The zero-order valence-corrected chi connectivity index (χ0v) is 13.9. The summed E-state index contributed by atoms with van der Waals surface area (Å²) in [5.74, 6) is 1.56. The van der Waals surface area contributed by atoms with Crippen molar-refractivity contribution in [2.45, 2.75) is 13.5 Å². The van der Waals surface area contributed by atoms with Crippen LogP contribution in [-0.2, 0) is 11.5 Å². The second-order valence-electron chi connectivity index (χ2n) is 5.58. The van der Waals surface area contributed by atoms with Crippen molar-refractivity contribution in [3.8, 4) is 22.6 Å². The van der Waals surface area contributed by atoms with Gasteiger partial charge in [-0.1, -0.05) is 54.1 Å². The first kappa shape index (κ1) is 16.1. The average Bonchev–Trinajstić information content (AvgIpc) is 2.64. The van der Waals surface area contributed by atoms with E-state index in [0.717, 1.165) is 22.4 Å². The number of benzene rings is 3. The highest BCUT2D eigenvalue weighted by Gasteiger charge is 2.01. The quantitative estimate of drug-likeness (QED) is 0.462. The zero-order chi connectivity index (χ0) is 16.8. The van der Waals surface area contributed by atoms with Gasteiger partial charge in [0.05, 0.1) is 7.11 Å². The number of hydrogen-bond donors (Lipinski definition) is 0. The molecular formula is C21H20O3. The third kappa shape index (κ3) is 4.15. The lowest BCUT2D eigenvalue weighted by molar-refractivity contribution is -0.217. The van der Waals surface area contributed by atoms with Crippen LogP contribution in [0.1, 0.15) is 11.1 Å². The summed E-state index contributed by atoms with van der Waals surface area (Å²) in [6.45, 7) is 2.44. The maximum Gasteiger partial charge on any atom is 0.165 e. The van der Waals surface area contributed by atoms with Crippen molar-refractivity contribution in [1.29, 1.82) is 0 Å². The summed E-state index contributed by atoms with van der Waals surface area (Å²) in [5, 5.41) is 0. The minimum absolute atomic E-state index is 0.400. The van der Waals surface area contributed by atoms with E-state index in [1.54, 1.807) is 7.11 Å². The van der Waals surface area contributed by atoms with Crippen LogP contribution in [0.5, 0.6) is 11.5 Å². The fraction of sp³-hybridized carbons (Fsp3) is 0.143. The molecule has 122 valence electrons. The van der Waals surface area contributed by atoms with Gasteiger partial charge in [0.1, 0.15) is 12.4 Å². The topological polar surface area (TPSA) is 27.7 Å². The molecule has 3 aromatic rings. The summed E-state index contributed by atoms with van der Waals surface area (Å²) in [4.78, 5) is 10.6. The third-order valence-electron chi connectivity index (χ3n) is 3.78. The first-order valence-electron chi connectivity index (χ1n) is 7.84. The molecule has 3 aromatic carbocycles. The molecule has 0 aromatic heterocycles. The second kappa shape index (κ2) is 7.66. The van der Waals surface area contributed by atoms with Gasteiger partial charge in [-0.2, -0.15) is 4.89 Å². The predicted octanol–water partition coefficient (Wildman–Crippen LogP) is 5.18. The molecule has 0 saturated carbocycles. The summed E-state index contributed by atoms with van der Waals surface area (Å²) in [6.07, 6.45) is 0. The van der Waals surface area contributed by atoms with Crippen molar-refractivity contribution >= 4 is 0 Å². The molecule has 0 radical (unpaired) electrons. The van der Waals surface area contributed by atoms with E-state index in [2.05, 4.69) is 12.1 Å². The molecule has 0 amide bonds. The standard InChI is InChI=1S/C21H20O3/c1-16-3-11-21(12-4-16)24-23-15-17-5-7-18(8-6-17)19-9-13-20(22-2)14-10-19/h3-14H,15H2,1-2H3. The molecule has 0 saturated heterocycles. The van der Waals surface area contributed by atoms with Gasteiger partial charge in [-0.05, 0) is 47.9 Å². The van der Waals surface area contributed by atoms with Crippen molar-refractivity contribution in [2.24, 2.45) is 0 Å². The van der Waals surface area contributed by atoms with Gasteiger partial charge >= 0.3 is 0 Å². The van der Waals surface area contributed by atoms with Crippen LogP contribution in [0.15, 0.2) is 72.8 Å². The Kier molecular flexibility index (Phi) is 5.14. The summed E-state index contributed by atoms with van der Waals surface area (Å²) in [5.41, 5.74) is 4.55. The molecule has 3 rings (SSSR count). The normalized spacial score (nSPS) is 10.4. The Morgan fingerprint density at radius 3 is 1.79 bits per heavy atom. The molecule has 24 heavy (non-hydrogen) atoms. The Labute approximate surface area is 142 Å². The van der Waals surface area contributed by atoms with Crippen LogP contribution in [0.4, 0.5) is 0 Å². The number of aryl methyl sites for hydroxylation is 1. The van der Waals surface area contributed by atoms with Gasteiger partial charge in [0.2, 0.25) is 0 Å². The number of ether oxygens (including phenoxy) is 1. The van der Waals surface area contributed by atoms with E-state index in [0.29, 0.717) is 12.4 Å². The molecule has 0 aliphatic rings. The smallest absolute Gasteiger partial charge is 0.165 e. The van der Waals surface area contributed by atoms with E-state index < -0.39 is 0 Å². The summed E-state index contributed by atoms with van der Waals surface area (Å²) < 4.78 is 5.18. The van der Waals surface area contributed by atoms with Crippen molar-refractivity contribution in [3.05, 3.63) is 83.9 Å². The Balaban J connectivity index is 1.56. The number of methoxy groups -OCH3 is 1. The summed E-state index contributed by atoms with van der Waals surface area (Å²) in [7, 11) is 1.67. The average molecular weight is 320 g/mol.